The van der Waals surface area contributed by atoms with Gasteiger partial charge in [0.15, 0.2) is 0 Å². The summed E-state index contributed by atoms with van der Waals surface area (Å²) in [4.78, 5) is 26.2. The fourth-order valence-corrected chi connectivity index (χ4v) is 5.40. The average molecular weight is 615 g/mol. The molecule has 3 aromatic rings. The van der Waals surface area contributed by atoms with Crippen LogP contribution in [-0.4, -0.2) is 17.6 Å². The molecule has 0 spiro atoms. The van der Waals surface area contributed by atoms with E-state index in [2.05, 4.69) is 35.9 Å². The Balaban J connectivity index is 1.57. The van der Waals surface area contributed by atoms with Gasteiger partial charge in [-0.2, -0.15) is 18.4 Å². The Kier molecular flexibility index (Phi) is 9.39. The maximum absolute atomic E-state index is 13.5. The fraction of sp³-hybridized carbons (Fsp3) is 0.233. The molecule has 0 aliphatic carbocycles. The van der Waals surface area contributed by atoms with Crippen LogP contribution in [-0.2, 0) is 15.8 Å². The number of benzene rings is 2. The standard InChI is InChI=1S/C30H26ClF3N4O3S/c1-16(2)18-6-9-20(10-7-18)37-25(39)15-42-29-21(14-35)27(24-5-4-12-41-24)26(17(3)36-29)28(40)38-23-13-19(30(32,33)34)8-11-22(23)31/h4-13,16,27,36H,15H2,1-3H3,(H,37,39)(H,38,40). The van der Waals surface area contributed by atoms with Crippen LogP contribution in [0.25, 0.3) is 0 Å². The summed E-state index contributed by atoms with van der Waals surface area (Å²) >= 11 is 7.17. The molecule has 42 heavy (non-hydrogen) atoms. The molecule has 4 rings (SSSR count). The molecule has 0 bridgehead atoms. The van der Waals surface area contributed by atoms with Crippen molar-refractivity contribution in [1.29, 1.82) is 5.26 Å². The molecule has 1 aliphatic heterocycles. The number of carbonyl (C=O) groups is 2. The van der Waals surface area contributed by atoms with Gasteiger partial charge in [-0.05, 0) is 60.9 Å². The predicted molar refractivity (Wildman–Crippen MR) is 157 cm³/mol. The number of carbonyl (C=O) groups excluding carboxylic acids is 2. The van der Waals surface area contributed by atoms with Crippen molar-refractivity contribution >= 4 is 46.6 Å². The summed E-state index contributed by atoms with van der Waals surface area (Å²) in [5.41, 5.74) is 1.03. The number of allylic oxidation sites excluding steroid dienone is 2. The van der Waals surface area contributed by atoms with Gasteiger partial charge in [0.2, 0.25) is 5.91 Å². The molecule has 1 aliphatic rings. The molecular weight excluding hydrogens is 589 g/mol. The highest BCUT2D eigenvalue weighted by atomic mass is 35.5. The maximum atomic E-state index is 13.5. The SMILES string of the molecule is CC1=C(C(=O)Nc2cc(C(F)(F)F)ccc2Cl)C(c2ccco2)C(C#N)=C(SCC(=O)Nc2ccc(C(C)C)cc2)N1. The second kappa shape index (κ2) is 12.8. The number of nitriles is 1. The van der Waals surface area contributed by atoms with E-state index in [-0.39, 0.29) is 39.3 Å². The second-order valence-electron chi connectivity index (χ2n) is 9.73. The lowest BCUT2D eigenvalue weighted by molar-refractivity contribution is -0.137. The topological polar surface area (TPSA) is 107 Å². The summed E-state index contributed by atoms with van der Waals surface area (Å²) in [6, 6.07) is 15.4. The Morgan fingerprint density at radius 1 is 1.14 bits per heavy atom. The van der Waals surface area contributed by atoms with Crippen molar-refractivity contribution in [3.8, 4) is 6.07 Å². The van der Waals surface area contributed by atoms with Crippen molar-refractivity contribution in [2.24, 2.45) is 0 Å². The molecule has 1 aromatic heterocycles. The largest absolute Gasteiger partial charge is 0.468 e. The molecule has 2 heterocycles. The summed E-state index contributed by atoms with van der Waals surface area (Å²) in [6.45, 7) is 5.73. The highest BCUT2D eigenvalue weighted by Gasteiger charge is 2.37. The first kappa shape index (κ1) is 30.8. The van der Waals surface area contributed by atoms with Gasteiger partial charge in [-0.15, -0.1) is 0 Å². The summed E-state index contributed by atoms with van der Waals surface area (Å²) < 4.78 is 45.4. The van der Waals surface area contributed by atoms with E-state index in [1.807, 2.05) is 24.3 Å². The van der Waals surface area contributed by atoms with Crippen LogP contribution in [0.2, 0.25) is 5.02 Å². The molecular formula is C30H26ClF3N4O3S. The van der Waals surface area contributed by atoms with Gasteiger partial charge in [0.1, 0.15) is 5.76 Å². The zero-order valence-electron chi connectivity index (χ0n) is 22.7. The van der Waals surface area contributed by atoms with E-state index < -0.39 is 23.6 Å². The monoisotopic (exact) mass is 614 g/mol. The molecule has 1 atom stereocenters. The number of dihydropyridines is 1. The highest BCUT2D eigenvalue weighted by molar-refractivity contribution is 8.03. The van der Waals surface area contributed by atoms with Crippen molar-refractivity contribution in [2.75, 3.05) is 16.4 Å². The van der Waals surface area contributed by atoms with E-state index in [1.54, 1.807) is 19.1 Å². The molecule has 2 amide bonds. The fourth-order valence-electron chi connectivity index (χ4n) is 4.34. The van der Waals surface area contributed by atoms with Crippen molar-refractivity contribution < 1.29 is 27.2 Å². The molecule has 0 saturated heterocycles. The Bertz CT molecular complexity index is 1590. The number of nitrogens with zero attached hydrogens (tertiary/aromatic N) is 1. The van der Waals surface area contributed by atoms with Crippen molar-refractivity contribution in [1.82, 2.24) is 5.32 Å². The predicted octanol–water partition coefficient (Wildman–Crippen LogP) is 7.78. The van der Waals surface area contributed by atoms with Gasteiger partial charge in [0.05, 0.1) is 56.5 Å². The van der Waals surface area contributed by atoms with Crippen LogP contribution < -0.4 is 16.0 Å². The quantitative estimate of drug-likeness (QED) is 0.239. The Morgan fingerprint density at radius 2 is 1.86 bits per heavy atom. The van der Waals surface area contributed by atoms with Gasteiger partial charge >= 0.3 is 6.18 Å². The van der Waals surface area contributed by atoms with Gasteiger partial charge in [-0.3, -0.25) is 9.59 Å². The van der Waals surface area contributed by atoms with Gasteiger partial charge in [0.25, 0.3) is 5.91 Å². The Hall–Kier alpha value is -4.14. The Morgan fingerprint density at radius 3 is 2.45 bits per heavy atom. The molecule has 1 unspecified atom stereocenters. The first-order chi connectivity index (χ1) is 19.9. The van der Waals surface area contributed by atoms with Gasteiger partial charge in [-0.25, -0.2) is 0 Å². The summed E-state index contributed by atoms with van der Waals surface area (Å²) in [6.07, 6.45) is -3.26. The van der Waals surface area contributed by atoms with Crippen LogP contribution in [0.1, 0.15) is 49.5 Å². The molecule has 0 fully saturated rings. The molecule has 12 heteroatoms. The molecule has 3 N–H and O–H groups in total. The zero-order chi connectivity index (χ0) is 30.6. The highest BCUT2D eigenvalue weighted by Crippen LogP contribution is 2.42. The lowest BCUT2D eigenvalue weighted by atomic mass is 9.85. The molecule has 218 valence electrons. The zero-order valence-corrected chi connectivity index (χ0v) is 24.3. The number of amides is 2. The minimum Gasteiger partial charge on any atom is -0.468 e. The molecule has 7 nitrogen and oxygen atoms in total. The van der Waals surface area contributed by atoms with Crippen LogP contribution in [0.3, 0.4) is 0 Å². The van der Waals surface area contributed by atoms with Crippen LogP contribution in [0, 0.1) is 11.3 Å². The Labute approximate surface area is 249 Å². The van der Waals surface area contributed by atoms with E-state index in [0.717, 1.165) is 35.5 Å². The lowest BCUT2D eigenvalue weighted by Gasteiger charge is -2.28. The first-order valence-corrected chi connectivity index (χ1v) is 14.1. The number of anilines is 2. The van der Waals surface area contributed by atoms with Gasteiger partial charge < -0.3 is 20.4 Å². The van der Waals surface area contributed by atoms with Crippen molar-refractivity contribution in [3.63, 3.8) is 0 Å². The van der Waals surface area contributed by atoms with E-state index in [4.69, 9.17) is 16.0 Å². The number of rotatable bonds is 8. The third kappa shape index (κ3) is 7.01. The summed E-state index contributed by atoms with van der Waals surface area (Å²) in [5.74, 6) is -1.50. The average Bonchev–Trinajstić information content (AvgIpc) is 3.47. The number of furan rings is 1. The van der Waals surface area contributed by atoms with E-state index in [1.165, 1.54) is 6.26 Å². The number of nitrogens with one attached hydrogen (secondary N) is 3. The van der Waals surface area contributed by atoms with Gasteiger partial charge in [0, 0.05) is 11.4 Å². The number of thioether (sulfide) groups is 1. The van der Waals surface area contributed by atoms with Crippen LogP contribution >= 0.6 is 23.4 Å². The number of hydrogen-bond donors (Lipinski definition) is 3. The first-order valence-electron chi connectivity index (χ1n) is 12.7. The van der Waals surface area contributed by atoms with E-state index >= 15 is 0 Å². The van der Waals surface area contributed by atoms with E-state index in [0.29, 0.717) is 22.3 Å². The van der Waals surface area contributed by atoms with Crippen molar-refractivity contribution in [2.45, 2.75) is 38.8 Å². The lowest BCUT2D eigenvalue weighted by Crippen LogP contribution is -2.31. The van der Waals surface area contributed by atoms with Gasteiger partial charge in [-0.1, -0.05) is 49.3 Å². The minimum atomic E-state index is -4.64. The third-order valence-electron chi connectivity index (χ3n) is 6.47. The maximum Gasteiger partial charge on any atom is 0.416 e. The number of alkyl halides is 3. The minimum absolute atomic E-state index is 0.0427. The summed E-state index contributed by atoms with van der Waals surface area (Å²) in [5, 5.41) is 18.7. The smallest absolute Gasteiger partial charge is 0.416 e. The van der Waals surface area contributed by atoms with Crippen LogP contribution in [0.15, 0.2) is 87.1 Å². The molecule has 2 aromatic carbocycles. The molecule has 0 saturated carbocycles. The summed E-state index contributed by atoms with van der Waals surface area (Å²) in [7, 11) is 0. The normalized spacial score (nSPS) is 15.4. The molecule has 0 radical (unpaired) electrons. The third-order valence-corrected chi connectivity index (χ3v) is 7.82. The van der Waals surface area contributed by atoms with Crippen molar-refractivity contribution in [3.05, 3.63) is 105 Å². The van der Waals surface area contributed by atoms with Crippen LogP contribution in [0.5, 0.6) is 0 Å². The van der Waals surface area contributed by atoms with Crippen LogP contribution in [0.4, 0.5) is 24.5 Å². The number of hydrogen-bond acceptors (Lipinski definition) is 6. The second-order valence-corrected chi connectivity index (χ2v) is 11.1. The number of halogens is 4. The van der Waals surface area contributed by atoms with E-state index in [9.17, 15) is 28.0 Å².